The molecule has 1 aromatic carbocycles. The Kier molecular flexibility index (Phi) is 3.48. The van der Waals surface area contributed by atoms with Gasteiger partial charge in [-0.15, -0.1) is 0 Å². The zero-order valence-corrected chi connectivity index (χ0v) is 11.6. The number of hydrogen-bond donors (Lipinski definition) is 2. The van der Waals surface area contributed by atoms with Crippen molar-refractivity contribution in [3.05, 3.63) is 24.3 Å². The predicted molar refractivity (Wildman–Crippen MR) is 77.5 cm³/mol. The molecule has 1 aliphatic rings. The third kappa shape index (κ3) is 2.49. The van der Waals surface area contributed by atoms with Gasteiger partial charge in [0.2, 0.25) is 0 Å². The van der Waals surface area contributed by atoms with E-state index in [0.29, 0.717) is 0 Å². The van der Waals surface area contributed by atoms with E-state index >= 15 is 0 Å². The summed E-state index contributed by atoms with van der Waals surface area (Å²) in [6.07, 6.45) is 4.02. The lowest BCUT2D eigenvalue weighted by Crippen LogP contribution is -3.10. The molecular weight excluding hydrogens is 242 g/mol. The maximum absolute atomic E-state index is 4.60. The molecule has 1 aromatic heterocycles. The van der Waals surface area contributed by atoms with Gasteiger partial charge in [0.25, 0.3) is 0 Å². The number of hydrogen-bond acceptors (Lipinski definition) is 3. The molecule has 0 aliphatic carbocycles. The van der Waals surface area contributed by atoms with E-state index in [1.807, 2.05) is 6.07 Å². The van der Waals surface area contributed by atoms with Crippen molar-refractivity contribution < 1.29 is 4.90 Å². The number of rotatable bonds is 4. The van der Waals surface area contributed by atoms with Gasteiger partial charge in [0.15, 0.2) is 5.13 Å². The van der Waals surface area contributed by atoms with E-state index < -0.39 is 0 Å². The minimum absolute atomic E-state index is 0.840. The van der Waals surface area contributed by atoms with E-state index in [1.54, 1.807) is 16.2 Å². The van der Waals surface area contributed by atoms with Gasteiger partial charge >= 0.3 is 0 Å². The van der Waals surface area contributed by atoms with Gasteiger partial charge < -0.3 is 10.2 Å². The number of nitrogens with one attached hydrogen (secondary N) is 2. The zero-order valence-electron chi connectivity index (χ0n) is 10.8. The lowest BCUT2D eigenvalue weighted by atomic mass is 10.1. The summed E-state index contributed by atoms with van der Waals surface area (Å²) < 4.78 is 1.27. The number of fused-ring (bicyclic) bond motifs is 1. The summed E-state index contributed by atoms with van der Waals surface area (Å²) in [4.78, 5) is 6.29. The molecule has 0 spiro atoms. The smallest absolute Gasteiger partial charge is 0.183 e. The number of benzene rings is 1. The molecule has 2 aromatic rings. The average Bonchev–Trinajstić information content (AvgIpc) is 2.96. The Hall–Kier alpha value is -1.13. The normalized spacial score (nSPS) is 23.6. The van der Waals surface area contributed by atoms with E-state index in [2.05, 4.69) is 35.5 Å². The number of likely N-dealkylation sites (tertiary alicyclic amines) is 1. The maximum atomic E-state index is 4.60. The van der Waals surface area contributed by atoms with Crippen LogP contribution in [-0.2, 0) is 0 Å². The number of thiazole rings is 1. The molecule has 2 N–H and O–H groups in total. The van der Waals surface area contributed by atoms with Gasteiger partial charge in [-0.1, -0.05) is 23.5 Å². The third-order valence-corrected chi connectivity index (χ3v) is 4.88. The second kappa shape index (κ2) is 5.24. The van der Waals surface area contributed by atoms with Gasteiger partial charge in [-0.2, -0.15) is 0 Å². The minimum Gasteiger partial charge on any atom is -0.361 e. The van der Waals surface area contributed by atoms with Crippen molar-refractivity contribution in [1.29, 1.82) is 0 Å². The molecule has 0 radical (unpaired) electrons. The molecule has 0 bridgehead atoms. The van der Waals surface area contributed by atoms with Crippen LogP contribution in [0.1, 0.15) is 19.3 Å². The van der Waals surface area contributed by atoms with Crippen LogP contribution in [0.25, 0.3) is 10.2 Å². The van der Waals surface area contributed by atoms with E-state index in [0.717, 1.165) is 23.2 Å². The molecule has 18 heavy (non-hydrogen) atoms. The summed E-state index contributed by atoms with van der Waals surface area (Å²) in [5.74, 6) is 0. The number of quaternary nitrogens is 1. The van der Waals surface area contributed by atoms with Gasteiger partial charge in [-0.3, -0.25) is 0 Å². The summed E-state index contributed by atoms with van der Waals surface area (Å²) in [5.41, 5.74) is 1.11. The first-order valence-electron chi connectivity index (χ1n) is 6.75. The standard InChI is InChI=1S/C14H19N3S/c1-17-10-4-5-11(17)8-9-15-14-16-12-6-2-3-7-13(12)18-14/h2-3,6-7,11H,4-5,8-10H2,1H3,(H,15,16)/p+1/t11-/m1/s1. The lowest BCUT2D eigenvalue weighted by Gasteiger charge is -2.16. The van der Waals surface area contributed by atoms with E-state index in [4.69, 9.17) is 0 Å². The summed E-state index contributed by atoms with van der Waals surface area (Å²) in [6, 6.07) is 9.16. The van der Waals surface area contributed by atoms with Crippen LogP contribution in [0.3, 0.4) is 0 Å². The van der Waals surface area contributed by atoms with Crippen molar-refractivity contribution >= 4 is 26.7 Å². The van der Waals surface area contributed by atoms with Crippen LogP contribution in [0.4, 0.5) is 5.13 Å². The molecule has 0 saturated carbocycles. The van der Waals surface area contributed by atoms with Crippen LogP contribution in [0, 0.1) is 0 Å². The number of anilines is 1. The van der Waals surface area contributed by atoms with Crippen molar-refractivity contribution in [2.24, 2.45) is 0 Å². The number of para-hydroxylation sites is 1. The fourth-order valence-electron chi connectivity index (χ4n) is 2.77. The van der Waals surface area contributed by atoms with Crippen LogP contribution >= 0.6 is 11.3 Å². The molecule has 1 saturated heterocycles. The number of nitrogens with zero attached hydrogens (tertiary/aromatic N) is 1. The SMILES string of the molecule is C[NH+]1CCC[C@@H]1CCNc1nc2ccccc2s1. The largest absolute Gasteiger partial charge is 0.361 e. The van der Waals surface area contributed by atoms with Crippen molar-refractivity contribution in [3.8, 4) is 0 Å². The van der Waals surface area contributed by atoms with Crippen LogP contribution in [-0.4, -0.2) is 31.2 Å². The maximum Gasteiger partial charge on any atom is 0.183 e. The predicted octanol–water partition coefficient (Wildman–Crippen LogP) is 1.78. The highest BCUT2D eigenvalue weighted by molar-refractivity contribution is 7.22. The second-order valence-electron chi connectivity index (χ2n) is 5.14. The third-order valence-electron chi connectivity index (χ3n) is 3.88. The van der Waals surface area contributed by atoms with Crippen LogP contribution in [0.15, 0.2) is 24.3 Å². The molecule has 2 atom stereocenters. The zero-order chi connectivity index (χ0) is 12.4. The Bertz CT molecular complexity index is 489. The summed E-state index contributed by atoms with van der Waals surface area (Å²) in [7, 11) is 2.31. The highest BCUT2D eigenvalue weighted by Gasteiger charge is 2.24. The highest BCUT2D eigenvalue weighted by atomic mass is 32.1. The first-order chi connectivity index (χ1) is 8.83. The Balaban J connectivity index is 1.56. The highest BCUT2D eigenvalue weighted by Crippen LogP contribution is 2.25. The molecular formula is C14H20N3S+. The van der Waals surface area contributed by atoms with Crippen molar-refractivity contribution in [2.45, 2.75) is 25.3 Å². The molecule has 1 unspecified atom stereocenters. The first kappa shape index (κ1) is 11.9. The van der Waals surface area contributed by atoms with Crippen molar-refractivity contribution in [2.75, 3.05) is 25.5 Å². The summed E-state index contributed by atoms with van der Waals surface area (Å²) in [5, 5.41) is 4.54. The second-order valence-corrected chi connectivity index (χ2v) is 6.17. The van der Waals surface area contributed by atoms with Crippen LogP contribution < -0.4 is 10.2 Å². The topological polar surface area (TPSA) is 29.4 Å². The fourth-order valence-corrected chi connectivity index (χ4v) is 3.66. The molecule has 4 heteroatoms. The lowest BCUT2D eigenvalue weighted by molar-refractivity contribution is -0.892. The summed E-state index contributed by atoms with van der Waals surface area (Å²) >= 11 is 1.75. The van der Waals surface area contributed by atoms with E-state index in [9.17, 15) is 0 Å². The summed E-state index contributed by atoms with van der Waals surface area (Å²) in [6.45, 7) is 2.38. The van der Waals surface area contributed by atoms with Gasteiger partial charge in [0.05, 0.1) is 29.9 Å². The van der Waals surface area contributed by atoms with Gasteiger partial charge in [0.1, 0.15) is 0 Å². The first-order valence-corrected chi connectivity index (χ1v) is 7.56. The molecule has 1 fully saturated rings. The van der Waals surface area contributed by atoms with Crippen molar-refractivity contribution in [1.82, 2.24) is 4.98 Å². The van der Waals surface area contributed by atoms with Gasteiger partial charge in [0, 0.05) is 25.8 Å². The molecule has 1 aliphatic heterocycles. The van der Waals surface area contributed by atoms with Gasteiger partial charge in [-0.25, -0.2) is 4.98 Å². The fraction of sp³-hybridized carbons (Fsp3) is 0.500. The number of aromatic nitrogens is 1. The minimum atomic E-state index is 0.840. The molecule has 0 amide bonds. The Morgan fingerprint density at radius 2 is 2.33 bits per heavy atom. The monoisotopic (exact) mass is 262 g/mol. The van der Waals surface area contributed by atoms with Crippen LogP contribution in [0.5, 0.6) is 0 Å². The molecule has 3 nitrogen and oxygen atoms in total. The van der Waals surface area contributed by atoms with Gasteiger partial charge in [-0.05, 0) is 12.1 Å². The molecule has 96 valence electrons. The van der Waals surface area contributed by atoms with Crippen LogP contribution in [0.2, 0.25) is 0 Å². The quantitative estimate of drug-likeness (QED) is 0.879. The average molecular weight is 262 g/mol. The Labute approximate surface area is 112 Å². The molecule has 3 rings (SSSR count). The Morgan fingerprint density at radius 1 is 1.44 bits per heavy atom. The van der Waals surface area contributed by atoms with Crippen molar-refractivity contribution in [3.63, 3.8) is 0 Å². The van der Waals surface area contributed by atoms with E-state index in [1.165, 1.54) is 30.5 Å². The Morgan fingerprint density at radius 3 is 3.11 bits per heavy atom. The molecule has 2 heterocycles. The van der Waals surface area contributed by atoms with E-state index in [-0.39, 0.29) is 0 Å².